The number of nitrogens with one attached hydrogen (secondary N) is 1. The van der Waals surface area contributed by atoms with E-state index in [1.807, 2.05) is 24.3 Å². The molecule has 1 N–H and O–H groups in total. The summed E-state index contributed by atoms with van der Waals surface area (Å²) in [6, 6.07) is 8.99. The predicted octanol–water partition coefficient (Wildman–Crippen LogP) is 6.89. The van der Waals surface area contributed by atoms with Crippen LogP contribution in [-0.4, -0.2) is 49.1 Å². The first kappa shape index (κ1) is 25.0. The van der Waals surface area contributed by atoms with Crippen LogP contribution in [0.25, 0.3) is 0 Å². The van der Waals surface area contributed by atoms with Gasteiger partial charge in [-0.05, 0) is 106 Å². The Morgan fingerprint density at radius 1 is 1.09 bits per heavy atom. The Morgan fingerprint density at radius 3 is 2.65 bits per heavy atom. The van der Waals surface area contributed by atoms with Crippen molar-refractivity contribution in [2.45, 2.75) is 70.4 Å². The molecule has 34 heavy (non-hydrogen) atoms. The molecule has 0 saturated heterocycles. The highest BCUT2D eigenvalue weighted by atomic mass is 35.5. The van der Waals surface area contributed by atoms with Gasteiger partial charge in [-0.1, -0.05) is 48.9 Å². The van der Waals surface area contributed by atoms with Gasteiger partial charge in [-0.3, -0.25) is 0 Å². The molecule has 0 aromatic heterocycles. The molecule has 0 amide bonds. The Kier molecular flexibility index (Phi) is 8.81. The molecule has 1 heterocycles. The first-order valence-corrected chi connectivity index (χ1v) is 13.5. The molecule has 4 rings (SSSR count). The van der Waals surface area contributed by atoms with Crippen LogP contribution >= 0.6 is 11.6 Å². The number of fused-ring (bicyclic) bond motifs is 1. The predicted molar refractivity (Wildman–Crippen MR) is 146 cm³/mol. The molecule has 1 aliphatic heterocycles. The lowest BCUT2D eigenvalue weighted by Crippen LogP contribution is -2.32. The van der Waals surface area contributed by atoms with Crippen molar-refractivity contribution in [1.82, 2.24) is 9.80 Å². The molecular weight excluding hydrogens is 438 g/mol. The Labute approximate surface area is 211 Å². The highest BCUT2D eigenvalue weighted by Crippen LogP contribution is 2.38. The van der Waals surface area contributed by atoms with E-state index in [1.165, 1.54) is 56.2 Å². The van der Waals surface area contributed by atoms with Gasteiger partial charge in [0.1, 0.15) is 0 Å². The maximum Gasteiger partial charge on any atom is 0.0888 e. The van der Waals surface area contributed by atoms with Crippen molar-refractivity contribution in [3.8, 4) is 11.8 Å². The van der Waals surface area contributed by atoms with Crippen molar-refractivity contribution in [3.05, 3.63) is 64.4 Å². The van der Waals surface area contributed by atoms with Gasteiger partial charge < -0.3 is 15.1 Å². The summed E-state index contributed by atoms with van der Waals surface area (Å²) in [5, 5.41) is 4.12. The van der Waals surface area contributed by atoms with Crippen LogP contribution in [0.1, 0.15) is 58.3 Å². The highest BCUT2D eigenvalue weighted by molar-refractivity contribution is 6.30. The first-order valence-electron chi connectivity index (χ1n) is 13.1. The van der Waals surface area contributed by atoms with E-state index in [0.717, 1.165) is 35.6 Å². The number of anilines is 1. The summed E-state index contributed by atoms with van der Waals surface area (Å²) in [7, 11) is 4.49. The van der Waals surface area contributed by atoms with Gasteiger partial charge in [0.2, 0.25) is 0 Å². The van der Waals surface area contributed by atoms with Gasteiger partial charge in [-0.15, -0.1) is 0 Å². The van der Waals surface area contributed by atoms with Crippen molar-refractivity contribution >= 4 is 17.3 Å². The van der Waals surface area contributed by atoms with Crippen molar-refractivity contribution in [1.29, 1.82) is 0 Å². The topological polar surface area (TPSA) is 18.5 Å². The van der Waals surface area contributed by atoms with Crippen LogP contribution in [0.3, 0.4) is 0 Å². The Hall–Kier alpha value is -2.15. The average Bonchev–Trinajstić information content (AvgIpc) is 3.18. The number of likely N-dealkylation sites (N-methyl/N-ethyl adjacent to an activating group) is 1. The fourth-order valence-electron chi connectivity index (χ4n) is 5.75. The van der Waals surface area contributed by atoms with Gasteiger partial charge in [-0.25, -0.2) is 0 Å². The fraction of sp³-hybridized carbons (Fsp3) is 0.533. The van der Waals surface area contributed by atoms with Crippen LogP contribution in [0.15, 0.2) is 59.3 Å². The molecule has 1 aromatic carbocycles. The highest BCUT2D eigenvalue weighted by Gasteiger charge is 2.31. The third kappa shape index (κ3) is 6.29. The molecule has 1 fully saturated rings. The molecule has 4 heteroatoms. The standard InChI is InChI=1S/C30H40ClN3/c1-4-34-28(12-8-20-32-26-17-15-25(31)16-18-26)22-29-24(10-7-13-30(29)34)21-23-9-5-6-11-27(19-14-23)33(2)3/h7,10,15-18,22-23,27,30,32H,4-6,9,11,13-14,19-21H2,1-3H3. The molecule has 3 nitrogen and oxygen atoms in total. The van der Waals surface area contributed by atoms with Gasteiger partial charge in [-0.2, -0.15) is 0 Å². The maximum atomic E-state index is 5.98. The second kappa shape index (κ2) is 12.0. The lowest BCUT2D eigenvalue weighted by atomic mass is 9.81. The van der Waals surface area contributed by atoms with Crippen molar-refractivity contribution in [2.24, 2.45) is 5.92 Å². The van der Waals surface area contributed by atoms with E-state index < -0.39 is 0 Å². The van der Waals surface area contributed by atoms with Gasteiger partial charge >= 0.3 is 0 Å². The normalized spacial score (nSPS) is 24.8. The van der Waals surface area contributed by atoms with Crippen LogP contribution in [-0.2, 0) is 0 Å². The number of nitrogens with zero attached hydrogens (tertiary/aromatic N) is 2. The monoisotopic (exact) mass is 477 g/mol. The second-order valence-corrected chi connectivity index (χ2v) is 10.6. The summed E-state index contributed by atoms with van der Waals surface area (Å²) >= 11 is 5.98. The van der Waals surface area contributed by atoms with Crippen molar-refractivity contribution < 1.29 is 0 Å². The van der Waals surface area contributed by atoms with Gasteiger partial charge in [0.05, 0.1) is 18.3 Å². The molecule has 0 bridgehead atoms. The molecular formula is C30H40ClN3. The maximum absolute atomic E-state index is 5.98. The number of allylic oxidation sites excluding steroid dienone is 3. The van der Waals surface area contributed by atoms with Crippen LogP contribution < -0.4 is 5.32 Å². The Balaban J connectivity index is 1.44. The molecule has 0 radical (unpaired) electrons. The van der Waals surface area contributed by atoms with Gasteiger partial charge in [0, 0.05) is 23.3 Å². The SMILES string of the molecule is CCN1C(C#CCNc2ccc(Cl)cc2)=CC2=C(CC3CCCCC(N(C)C)CC3)C=CCC21. The number of rotatable bonds is 6. The first-order chi connectivity index (χ1) is 16.5. The summed E-state index contributed by atoms with van der Waals surface area (Å²) in [4.78, 5) is 4.93. The van der Waals surface area contributed by atoms with E-state index in [2.05, 4.69) is 66.2 Å². The van der Waals surface area contributed by atoms with E-state index >= 15 is 0 Å². The van der Waals surface area contributed by atoms with Crippen LogP contribution in [0.2, 0.25) is 5.02 Å². The molecule has 0 spiro atoms. The van der Waals surface area contributed by atoms with Crippen LogP contribution in [0.4, 0.5) is 5.69 Å². The second-order valence-electron chi connectivity index (χ2n) is 10.2. The minimum Gasteiger partial charge on any atom is -0.374 e. The molecule has 3 aliphatic rings. The quantitative estimate of drug-likeness (QED) is 0.450. The molecule has 182 valence electrons. The van der Waals surface area contributed by atoms with E-state index in [0.29, 0.717) is 12.6 Å². The lowest BCUT2D eigenvalue weighted by molar-refractivity contribution is 0.221. The van der Waals surface area contributed by atoms with Crippen LogP contribution in [0, 0.1) is 17.8 Å². The zero-order valence-electron chi connectivity index (χ0n) is 21.1. The summed E-state index contributed by atoms with van der Waals surface area (Å²) in [6.45, 7) is 3.87. The molecule has 3 atom stereocenters. The molecule has 1 aromatic rings. The number of benzene rings is 1. The summed E-state index contributed by atoms with van der Waals surface area (Å²) in [5.74, 6) is 7.60. The zero-order chi connectivity index (χ0) is 23.9. The van der Waals surface area contributed by atoms with E-state index in [4.69, 9.17) is 11.6 Å². The number of hydrogen-bond donors (Lipinski definition) is 1. The molecule has 2 aliphatic carbocycles. The number of halogens is 1. The minimum atomic E-state index is 0.460. The lowest BCUT2D eigenvalue weighted by Gasteiger charge is -2.32. The van der Waals surface area contributed by atoms with Crippen molar-refractivity contribution in [3.63, 3.8) is 0 Å². The number of hydrogen-bond acceptors (Lipinski definition) is 3. The zero-order valence-corrected chi connectivity index (χ0v) is 21.9. The van der Waals surface area contributed by atoms with E-state index in [-0.39, 0.29) is 0 Å². The molecule has 3 unspecified atom stereocenters. The smallest absolute Gasteiger partial charge is 0.0888 e. The largest absolute Gasteiger partial charge is 0.374 e. The third-order valence-electron chi connectivity index (χ3n) is 7.72. The summed E-state index contributed by atoms with van der Waals surface area (Å²) in [6.07, 6.45) is 17.7. The van der Waals surface area contributed by atoms with E-state index in [9.17, 15) is 0 Å². The average molecular weight is 478 g/mol. The van der Waals surface area contributed by atoms with Gasteiger partial charge in [0.15, 0.2) is 0 Å². The Bertz CT molecular complexity index is 977. The Morgan fingerprint density at radius 2 is 1.88 bits per heavy atom. The fourth-order valence-corrected chi connectivity index (χ4v) is 5.88. The van der Waals surface area contributed by atoms with Crippen LogP contribution in [0.5, 0.6) is 0 Å². The summed E-state index contributed by atoms with van der Waals surface area (Å²) < 4.78 is 0. The molecule has 1 saturated carbocycles. The van der Waals surface area contributed by atoms with Gasteiger partial charge in [0.25, 0.3) is 0 Å². The third-order valence-corrected chi connectivity index (χ3v) is 7.97. The minimum absolute atomic E-state index is 0.460. The summed E-state index contributed by atoms with van der Waals surface area (Å²) in [5.41, 5.74) is 5.29. The van der Waals surface area contributed by atoms with Crippen molar-refractivity contribution in [2.75, 3.05) is 32.5 Å². The van der Waals surface area contributed by atoms with E-state index in [1.54, 1.807) is 5.57 Å².